The van der Waals surface area contributed by atoms with E-state index in [2.05, 4.69) is 10.3 Å². The molecule has 2 rings (SSSR count). The van der Waals surface area contributed by atoms with E-state index in [9.17, 15) is 18.0 Å². The minimum atomic E-state index is -4.39. The maximum atomic E-state index is 13.0. The first-order valence-corrected chi connectivity index (χ1v) is 7.66. The summed E-state index contributed by atoms with van der Waals surface area (Å²) in [4.78, 5) is 17.4. The lowest BCUT2D eigenvalue weighted by molar-refractivity contribution is -0.137. The normalized spacial score (nSPS) is 21.8. The van der Waals surface area contributed by atoms with E-state index in [0.717, 1.165) is 12.1 Å². The number of nitrogens with zero attached hydrogens (tertiary/aromatic N) is 2. The van der Waals surface area contributed by atoms with Crippen molar-refractivity contribution in [2.24, 2.45) is 11.8 Å². The fourth-order valence-electron chi connectivity index (χ4n) is 3.08. The van der Waals surface area contributed by atoms with E-state index < -0.39 is 11.7 Å². The molecule has 2 heterocycles. The van der Waals surface area contributed by atoms with Crippen LogP contribution in [0.3, 0.4) is 0 Å². The molecule has 0 saturated carbocycles. The van der Waals surface area contributed by atoms with Gasteiger partial charge in [0.1, 0.15) is 5.82 Å². The van der Waals surface area contributed by atoms with Crippen LogP contribution in [0.15, 0.2) is 12.1 Å². The second-order valence-corrected chi connectivity index (χ2v) is 6.47. The van der Waals surface area contributed by atoms with Crippen LogP contribution >= 0.6 is 0 Å². The molecule has 4 nitrogen and oxygen atoms in total. The third-order valence-electron chi connectivity index (χ3n) is 4.20. The molecule has 0 bridgehead atoms. The molecule has 0 aliphatic carbocycles. The molecule has 1 aromatic rings. The maximum Gasteiger partial charge on any atom is 0.416 e. The molecule has 128 valence electrons. The van der Waals surface area contributed by atoms with E-state index in [-0.39, 0.29) is 17.9 Å². The third kappa shape index (κ3) is 4.14. The molecular weight excluding hydrogens is 307 g/mol. The minimum Gasteiger partial charge on any atom is -0.354 e. The summed E-state index contributed by atoms with van der Waals surface area (Å²) in [5.41, 5.74) is -0.358. The van der Waals surface area contributed by atoms with Gasteiger partial charge < -0.3 is 10.2 Å². The highest BCUT2D eigenvalue weighted by Gasteiger charge is 2.37. The predicted octanol–water partition coefficient (Wildman–Crippen LogP) is 3.01. The van der Waals surface area contributed by atoms with E-state index >= 15 is 0 Å². The molecule has 1 fully saturated rings. The fraction of sp³-hybridized carbons (Fsp3) is 0.625. The van der Waals surface area contributed by atoms with Gasteiger partial charge in [0.05, 0.1) is 11.6 Å². The number of alkyl halides is 3. The van der Waals surface area contributed by atoms with Crippen LogP contribution in [-0.4, -0.2) is 30.0 Å². The molecule has 1 N–H and O–H groups in total. The molecule has 0 aromatic carbocycles. The number of nitrogens with one attached hydrogen (secondary N) is 1. The molecule has 23 heavy (non-hydrogen) atoms. The van der Waals surface area contributed by atoms with Crippen LogP contribution in [0.25, 0.3) is 0 Å². The Labute approximate surface area is 134 Å². The van der Waals surface area contributed by atoms with Crippen molar-refractivity contribution in [1.29, 1.82) is 0 Å². The average molecular weight is 329 g/mol. The van der Waals surface area contributed by atoms with Crippen LogP contribution < -0.4 is 10.2 Å². The Balaban J connectivity index is 2.29. The van der Waals surface area contributed by atoms with Crippen molar-refractivity contribution in [2.45, 2.75) is 39.9 Å². The molecule has 7 heteroatoms. The summed E-state index contributed by atoms with van der Waals surface area (Å²) in [7, 11) is 0. The average Bonchev–Trinajstić information content (AvgIpc) is 2.80. The number of rotatable bonds is 3. The van der Waals surface area contributed by atoms with Crippen LogP contribution in [0.1, 0.15) is 32.0 Å². The zero-order valence-corrected chi connectivity index (χ0v) is 13.7. The molecule has 1 amide bonds. The molecule has 0 radical (unpaired) electrons. The number of hydrogen-bond donors (Lipinski definition) is 1. The summed E-state index contributed by atoms with van der Waals surface area (Å²) in [5, 5.41) is 2.90. The monoisotopic (exact) mass is 329 g/mol. The SMILES string of the molecule is CC(=O)N[C@@H]1CN(c2cc(C(F)(F)F)cc(C)n2)C[C@H]1C(C)C. The van der Waals surface area contributed by atoms with Crippen molar-refractivity contribution in [3.63, 3.8) is 0 Å². The number of aryl methyl sites for hydroxylation is 1. The molecule has 2 atom stereocenters. The number of carbonyl (C=O) groups excluding carboxylic acids is 1. The first kappa shape index (κ1) is 17.6. The Bertz CT molecular complexity index is 586. The topological polar surface area (TPSA) is 45.2 Å². The van der Waals surface area contributed by atoms with E-state index in [4.69, 9.17) is 0 Å². The van der Waals surface area contributed by atoms with Gasteiger partial charge in [0.15, 0.2) is 0 Å². The van der Waals surface area contributed by atoms with Gasteiger partial charge in [0.25, 0.3) is 0 Å². The first-order chi connectivity index (χ1) is 10.6. The van der Waals surface area contributed by atoms with Crippen molar-refractivity contribution in [2.75, 3.05) is 18.0 Å². The van der Waals surface area contributed by atoms with Crippen molar-refractivity contribution < 1.29 is 18.0 Å². The second-order valence-electron chi connectivity index (χ2n) is 6.47. The number of hydrogen-bond acceptors (Lipinski definition) is 3. The van der Waals surface area contributed by atoms with Crippen molar-refractivity contribution in [3.8, 4) is 0 Å². The summed E-state index contributed by atoms with van der Waals surface area (Å²) in [6.07, 6.45) is -4.39. The number of halogens is 3. The summed E-state index contributed by atoms with van der Waals surface area (Å²) in [5.74, 6) is 0.672. The second kappa shape index (κ2) is 6.37. The lowest BCUT2D eigenvalue weighted by atomic mass is 9.91. The van der Waals surface area contributed by atoms with E-state index in [1.807, 2.05) is 18.7 Å². The van der Waals surface area contributed by atoms with Gasteiger partial charge in [0, 0.05) is 31.6 Å². The van der Waals surface area contributed by atoms with E-state index in [1.54, 1.807) is 6.92 Å². The van der Waals surface area contributed by atoms with Gasteiger partial charge in [-0.3, -0.25) is 4.79 Å². The van der Waals surface area contributed by atoms with Gasteiger partial charge in [-0.1, -0.05) is 13.8 Å². The first-order valence-electron chi connectivity index (χ1n) is 7.66. The largest absolute Gasteiger partial charge is 0.416 e. The molecule has 1 aromatic heterocycles. The summed E-state index contributed by atoms with van der Waals surface area (Å²) >= 11 is 0. The Kier molecular flexibility index (Phi) is 4.87. The van der Waals surface area contributed by atoms with Gasteiger partial charge in [-0.25, -0.2) is 4.98 Å². The molecule has 1 aliphatic heterocycles. The standard InChI is InChI=1S/C16H22F3N3O/c1-9(2)13-7-22(8-14(13)21-11(4)23)15-6-12(16(17,18)19)5-10(3)20-15/h5-6,9,13-14H,7-8H2,1-4H3,(H,21,23)/t13-,14+/m0/s1. The smallest absolute Gasteiger partial charge is 0.354 e. The number of aromatic nitrogens is 1. The van der Waals surface area contributed by atoms with Crippen molar-refractivity contribution in [1.82, 2.24) is 10.3 Å². The van der Waals surface area contributed by atoms with E-state index in [0.29, 0.717) is 30.5 Å². The predicted molar refractivity (Wildman–Crippen MR) is 82.1 cm³/mol. The zero-order chi connectivity index (χ0) is 17.4. The van der Waals surface area contributed by atoms with Crippen LogP contribution in [0.2, 0.25) is 0 Å². The minimum absolute atomic E-state index is 0.0795. The fourth-order valence-corrected chi connectivity index (χ4v) is 3.08. The van der Waals surface area contributed by atoms with Gasteiger partial charge >= 0.3 is 6.18 Å². The summed E-state index contributed by atoms with van der Waals surface area (Å²) < 4.78 is 39.0. The van der Waals surface area contributed by atoms with Gasteiger partial charge in [0.2, 0.25) is 5.91 Å². The maximum absolute atomic E-state index is 13.0. The number of pyridine rings is 1. The Morgan fingerprint density at radius 2 is 2.00 bits per heavy atom. The number of anilines is 1. The van der Waals surface area contributed by atoms with Crippen LogP contribution in [0.5, 0.6) is 0 Å². The molecular formula is C16H22F3N3O. The molecule has 1 saturated heterocycles. The highest BCUT2D eigenvalue weighted by Crippen LogP contribution is 2.34. The van der Waals surface area contributed by atoms with Crippen LogP contribution in [0.4, 0.5) is 19.0 Å². The van der Waals surface area contributed by atoms with Crippen molar-refractivity contribution in [3.05, 3.63) is 23.4 Å². The molecule has 0 spiro atoms. The lowest BCUT2D eigenvalue weighted by Crippen LogP contribution is -2.40. The van der Waals surface area contributed by atoms with Gasteiger partial charge in [-0.15, -0.1) is 0 Å². The molecule has 1 aliphatic rings. The Morgan fingerprint density at radius 3 is 2.52 bits per heavy atom. The molecule has 0 unspecified atom stereocenters. The zero-order valence-electron chi connectivity index (χ0n) is 13.7. The summed E-state index contributed by atoms with van der Waals surface area (Å²) in [6, 6.07) is 2.05. The van der Waals surface area contributed by atoms with E-state index in [1.165, 1.54) is 6.92 Å². The Morgan fingerprint density at radius 1 is 1.35 bits per heavy atom. The number of carbonyl (C=O) groups is 1. The van der Waals surface area contributed by atoms with Gasteiger partial charge in [-0.05, 0) is 25.0 Å². The van der Waals surface area contributed by atoms with Crippen LogP contribution in [-0.2, 0) is 11.0 Å². The summed E-state index contributed by atoms with van der Waals surface area (Å²) in [6.45, 7) is 8.15. The van der Waals surface area contributed by atoms with Gasteiger partial charge in [-0.2, -0.15) is 13.2 Å². The Hall–Kier alpha value is -1.79. The van der Waals surface area contributed by atoms with Crippen molar-refractivity contribution >= 4 is 11.7 Å². The third-order valence-corrected chi connectivity index (χ3v) is 4.20. The highest BCUT2D eigenvalue weighted by molar-refractivity contribution is 5.73. The highest BCUT2D eigenvalue weighted by atomic mass is 19.4. The van der Waals surface area contributed by atoms with Crippen LogP contribution in [0, 0.1) is 18.8 Å². The lowest BCUT2D eigenvalue weighted by Gasteiger charge is -2.21. The number of amides is 1. The quantitative estimate of drug-likeness (QED) is 0.927.